The average molecular weight is 368 g/mol. The van der Waals surface area contributed by atoms with Crippen molar-refractivity contribution in [2.24, 2.45) is 15.9 Å². The molecule has 0 atom stereocenters. The number of aromatic nitrogens is 2. The zero-order valence-corrected chi connectivity index (χ0v) is 14.1. The van der Waals surface area contributed by atoms with E-state index in [0.29, 0.717) is 5.69 Å². The van der Waals surface area contributed by atoms with Crippen LogP contribution in [0.4, 0.5) is 14.5 Å². The molecule has 25 heavy (non-hydrogen) atoms. The summed E-state index contributed by atoms with van der Waals surface area (Å²) in [5.74, 6) is 5.28. The molecule has 6 nitrogen and oxygen atoms in total. The topological polar surface area (TPSA) is 85.8 Å². The summed E-state index contributed by atoms with van der Waals surface area (Å²) in [4.78, 5) is 12.1. The first kappa shape index (κ1) is 18.7. The smallest absolute Gasteiger partial charge is 0.316 e. The summed E-state index contributed by atoms with van der Waals surface area (Å²) in [5, 5.41) is 3.52. The fourth-order valence-corrected chi connectivity index (χ4v) is 1.97. The summed E-state index contributed by atoms with van der Waals surface area (Å²) in [6.07, 6.45) is 2.78. The highest BCUT2D eigenvalue weighted by Crippen LogP contribution is 2.30. The van der Waals surface area contributed by atoms with Gasteiger partial charge in [0.2, 0.25) is 0 Å². The summed E-state index contributed by atoms with van der Waals surface area (Å²) in [7, 11) is 0. The SMILES string of the molecule is CCc1cnc(OCC(C=Nc2ccc(Cl)c(C(F)F)c2)=NN)nc1. The van der Waals surface area contributed by atoms with Gasteiger partial charge in [-0.15, -0.1) is 0 Å². The fourth-order valence-electron chi connectivity index (χ4n) is 1.77. The van der Waals surface area contributed by atoms with Crippen LogP contribution >= 0.6 is 11.6 Å². The van der Waals surface area contributed by atoms with Crippen LogP contribution in [0, 0.1) is 0 Å². The first-order valence-corrected chi connectivity index (χ1v) is 7.73. The first-order chi connectivity index (χ1) is 12.0. The normalized spacial score (nSPS) is 12.1. The third kappa shape index (κ3) is 5.46. The summed E-state index contributed by atoms with van der Waals surface area (Å²) in [6, 6.07) is 4.24. The molecule has 0 unspecified atom stereocenters. The Bertz CT molecular complexity index is 766. The fraction of sp³-hybridized carbons (Fsp3) is 0.250. The van der Waals surface area contributed by atoms with Crippen molar-refractivity contribution < 1.29 is 13.5 Å². The molecule has 2 rings (SSSR count). The lowest BCUT2D eigenvalue weighted by atomic mass is 10.2. The number of aliphatic imine (C=N–C) groups is 1. The molecule has 0 bridgehead atoms. The molecule has 2 N–H and O–H groups in total. The van der Waals surface area contributed by atoms with E-state index in [2.05, 4.69) is 20.1 Å². The molecule has 0 spiro atoms. The summed E-state index contributed by atoms with van der Waals surface area (Å²) >= 11 is 5.71. The van der Waals surface area contributed by atoms with Crippen molar-refractivity contribution in [3.05, 3.63) is 46.7 Å². The van der Waals surface area contributed by atoms with E-state index < -0.39 is 6.43 Å². The van der Waals surface area contributed by atoms with E-state index in [-0.39, 0.29) is 28.9 Å². The Labute approximate surface area is 148 Å². The molecule has 0 radical (unpaired) electrons. The Morgan fingerprint density at radius 1 is 1.36 bits per heavy atom. The van der Waals surface area contributed by atoms with E-state index in [9.17, 15) is 8.78 Å². The number of aryl methyl sites for hydroxylation is 1. The van der Waals surface area contributed by atoms with E-state index in [4.69, 9.17) is 22.2 Å². The van der Waals surface area contributed by atoms with Crippen LogP contribution in [-0.4, -0.2) is 28.5 Å². The molecule has 0 amide bonds. The van der Waals surface area contributed by atoms with Crippen LogP contribution in [0.1, 0.15) is 24.5 Å². The summed E-state index contributed by atoms with van der Waals surface area (Å²) in [6.45, 7) is 1.98. The number of hydrazone groups is 1. The van der Waals surface area contributed by atoms with Gasteiger partial charge in [0.25, 0.3) is 6.43 Å². The predicted octanol–water partition coefficient (Wildman–Crippen LogP) is 3.73. The van der Waals surface area contributed by atoms with Gasteiger partial charge in [0, 0.05) is 23.0 Å². The van der Waals surface area contributed by atoms with Gasteiger partial charge in [0.1, 0.15) is 12.3 Å². The zero-order chi connectivity index (χ0) is 18.2. The molecule has 1 aromatic heterocycles. The van der Waals surface area contributed by atoms with Gasteiger partial charge in [-0.25, -0.2) is 18.7 Å². The molecule has 2 aromatic rings. The van der Waals surface area contributed by atoms with Gasteiger partial charge in [-0.1, -0.05) is 18.5 Å². The molecule has 1 heterocycles. The molecule has 9 heteroatoms. The third-order valence-corrected chi connectivity index (χ3v) is 3.53. The van der Waals surface area contributed by atoms with E-state index in [0.717, 1.165) is 12.0 Å². The third-order valence-electron chi connectivity index (χ3n) is 3.18. The standard InChI is InChI=1S/C16H16ClF2N5O/c1-2-10-6-22-16(23-7-10)25-9-12(24-20)8-21-11-3-4-14(17)13(5-11)15(18)19/h3-8,15H,2,9,20H2,1H3. The minimum atomic E-state index is -2.68. The number of hydrogen-bond donors (Lipinski definition) is 1. The second-order valence-electron chi connectivity index (χ2n) is 4.90. The van der Waals surface area contributed by atoms with E-state index >= 15 is 0 Å². The van der Waals surface area contributed by atoms with Crippen LogP contribution in [0.25, 0.3) is 0 Å². The first-order valence-electron chi connectivity index (χ1n) is 7.35. The van der Waals surface area contributed by atoms with Crippen molar-refractivity contribution in [3.63, 3.8) is 0 Å². The highest BCUT2D eigenvalue weighted by atomic mass is 35.5. The van der Waals surface area contributed by atoms with Crippen LogP contribution in [-0.2, 0) is 6.42 Å². The van der Waals surface area contributed by atoms with Gasteiger partial charge < -0.3 is 10.6 Å². The van der Waals surface area contributed by atoms with E-state index in [1.807, 2.05) is 6.92 Å². The molecular weight excluding hydrogens is 352 g/mol. The summed E-state index contributed by atoms with van der Waals surface area (Å²) in [5.41, 5.74) is 1.28. The Balaban J connectivity index is 2.01. The number of rotatable bonds is 7. The summed E-state index contributed by atoms with van der Waals surface area (Å²) < 4.78 is 31.0. The number of hydrogen-bond acceptors (Lipinski definition) is 6. The van der Waals surface area contributed by atoms with Crippen LogP contribution in [0.15, 0.2) is 40.7 Å². The van der Waals surface area contributed by atoms with Gasteiger partial charge in [0.05, 0.1) is 11.9 Å². The molecule has 0 saturated heterocycles. The van der Waals surface area contributed by atoms with Gasteiger partial charge in [-0.2, -0.15) is 5.10 Å². The monoisotopic (exact) mass is 367 g/mol. The maximum atomic E-state index is 12.8. The van der Waals surface area contributed by atoms with Gasteiger partial charge in [-0.3, -0.25) is 4.99 Å². The Morgan fingerprint density at radius 3 is 2.68 bits per heavy atom. The molecule has 0 saturated carbocycles. The Morgan fingerprint density at radius 2 is 2.08 bits per heavy atom. The molecule has 1 aromatic carbocycles. The van der Waals surface area contributed by atoms with Crippen LogP contribution < -0.4 is 10.6 Å². The van der Waals surface area contributed by atoms with Crippen LogP contribution in [0.2, 0.25) is 5.02 Å². The second kappa shape index (κ2) is 9.03. The molecule has 0 aliphatic heterocycles. The predicted molar refractivity (Wildman–Crippen MR) is 93.1 cm³/mol. The van der Waals surface area contributed by atoms with Gasteiger partial charge >= 0.3 is 6.01 Å². The van der Waals surface area contributed by atoms with Crippen molar-refractivity contribution in [1.82, 2.24) is 9.97 Å². The van der Waals surface area contributed by atoms with Crippen molar-refractivity contribution in [1.29, 1.82) is 0 Å². The second-order valence-corrected chi connectivity index (χ2v) is 5.31. The molecular formula is C16H16ClF2N5O. The average Bonchev–Trinajstić information content (AvgIpc) is 2.63. The van der Waals surface area contributed by atoms with Crippen molar-refractivity contribution in [3.8, 4) is 6.01 Å². The number of nitrogens with zero attached hydrogens (tertiary/aromatic N) is 4. The van der Waals surface area contributed by atoms with Crippen molar-refractivity contribution >= 4 is 29.2 Å². The molecule has 0 aliphatic carbocycles. The number of halogens is 3. The molecule has 0 aliphatic rings. The van der Waals surface area contributed by atoms with Crippen molar-refractivity contribution in [2.45, 2.75) is 19.8 Å². The van der Waals surface area contributed by atoms with E-state index in [1.165, 1.54) is 24.4 Å². The highest BCUT2D eigenvalue weighted by molar-refractivity contribution is 6.32. The highest BCUT2D eigenvalue weighted by Gasteiger charge is 2.12. The Hall–Kier alpha value is -2.61. The van der Waals surface area contributed by atoms with Gasteiger partial charge in [0.15, 0.2) is 0 Å². The number of benzene rings is 1. The quantitative estimate of drug-likeness (QED) is 0.459. The lowest BCUT2D eigenvalue weighted by Gasteiger charge is -2.05. The van der Waals surface area contributed by atoms with Crippen molar-refractivity contribution in [2.75, 3.05) is 6.61 Å². The number of alkyl halides is 2. The van der Waals surface area contributed by atoms with Gasteiger partial charge in [-0.05, 0) is 30.2 Å². The number of ether oxygens (including phenoxy) is 1. The van der Waals surface area contributed by atoms with E-state index in [1.54, 1.807) is 12.4 Å². The maximum Gasteiger partial charge on any atom is 0.316 e. The lowest BCUT2D eigenvalue weighted by molar-refractivity contribution is 0.151. The minimum absolute atomic E-state index is 0.0131. The zero-order valence-electron chi connectivity index (χ0n) is 13.4. The van der Waals surface area contributed by atoms with Crippen LogP contribution in [0.3, 0.4) is 0 Å². The van der Waals surface area contributed by atoms with Crippen LogP contribution in [0.5, 0.6) is 6.01 Å². The number of nitrogens with two attached hydrogens (primary N) is 1. The lowest BCUT2D eigenvalue weighted by Crippen LogP contribution is -2.16. The molecule has 132 valence electrons. The maximum absolute atomic E-state index is 12.8. The largest absolute Gasteiger partial charge is 0.457 e. The molecule has 0 fully saturated rings. The minimum Gasteiger partial charge on any atom is -0.457 e. The Kier molecular flexibility index (Phi) is 6.76.